The van der Waals surface area contributed by atoms with Gasteiger partial charge in [0.05, 0.1) is 28.6 Å². The van der Waals surface area contributed by atoms with Crippen LogP contribution in [0, 0.1) is 0 Å². The van der Waals surface area contributed by atoms with Crippen LogP contribution >= 0.6 is 11.6 Å². The Balaban J connectivity index is 2.09. The van der Waals surface area contributed by atoms with Gasteiger partial charge in [0, 0.05) is 13.6 Å². The third-order valence-electron chi connectivity index (χ3n) is 3.80. The van der Waals surface area contributed by atoms with Crippen molar-refractivity contribution in [2.75, 3.05) is 17.6 Å². The van der Waals surface area contributed by atoms with Crippen molar-refractivity contribution in [1.82, 2.24) is 5.32 Å². The summed E-state index contributed by atoms with van der Waals surface area (Å²) in [5, 5.41) is 3.04. The smallest absolute Gasteiger partial charge is 0.253 e. The Morgan fingerprint density at radius 2 is 1.81 bits per heavy atom. The first-order valence-electron chi connectivity index (χ1n) is 8.35. The minimum atomic E-state index is -3.43. The van der Waals surface area contributed by atoms with E-state index in [1.807, 2.05) is 38.1 Å². The highest BCUT2D eigenvalue weighted by Gasteiger charge is 2.16. The topological polar surface area (TPSA) is 75.7 Å². The lowest BCUT2D eigenvalue weighted by Crippen LogP contribution is -2.26. The molecule has 0 unspecified atom stereocenters. The fourth-order valence-electron chi connectivity index (χ4n) is 2.31. The Kier molecular flexibility index (Phi) is 6.73. The number of rotatable bonds is 7. The molecule has 0 radical (unpaired) electrons. The zero-order chi connectivity index (χ0) is 20.2. The Labute approximate surface area is 165 Å². The van der Waals surface area contributed by atoms with Gasteiger partial charge in [-0.15, -0.1) is 0 Å². The average Bonchev–Trinajstić information content (AvgIpc) is 2.59. The van der Waals surface area contributed by atoms with Crippen LogP contribution in [-0.2, 0) is 16.6 Å². The van der Waals surface area contributed by atoms with Gasteiger partial charge >= 0.3 is 0 Å². The predicted molar refractivity (Wildman–Crippen MR) is 108 cm³/mol. The Morgan fingerprint density at radius 3 is 2.37 bits per heavy atom. The molecule has 0 aliphatic carbocycles. The molecule has 0 heterocycles. The summed E-state index contributed by atoms with van der Waals surface area (Å²) in [4.78, 5) is 12.5. The van der Waals surface area contributed by atoms with Gasteiger partial charge in [-0.3, -0.25) is 9.10 Å². The molecule has 146 valence electrons. The first-order chi connectivity index (χ1) is 12.6. The molecule has 0 saturated carbocycles. The number of ether oxygens (including phenoxy) is 1. The van der Waals surface area contributed by atoms with Gasteiger partial charge in [-0.1, -0.05) is 23.7 Å². The first-order valence-corrected chi connectivity index (χ1v) is 10.6. The fraction of sp³-hybridized carbons (Fsp3) is 0.316. The van der Waals surface area contributed by atoms with Crippen LogP contribution in [-0.4, -0.2) is 33.7 Å². The van der Waals surface area contributed by atoms with Crippen molar-refractivity contribution in [2.24, 2.45) is 0 Å². The van der Waals surface area contributed by atoms with E-state index in [2.05, 4.69) is 5.32 Å². The molecule has 27 heavy (non-hydrogen) atoms. The molecule has 0 aliphatic rings. The van der Waals surface area contributed by atoms with E-state index in [-0.39, 0.29) is 22.6 Å². The molecular weight excluding hydrogens is 388 g/mol. The number of nitrogens with zero attached hydrogens (tertiary/aromatic N) is 1. The summed E-state index contributed by atoms with van der Waals surface area (Å²) in [5.41, 5.74) is 1.48. The minimum Gasteiger partial charge on any atom is -0.491 e. The fourth-order valence-corrected chi connectivity index (χ4v) is 3.01. The molecule has 0 aliphatic heterocycles. The van der Waals surface area contributed by atoms with Crippen LogP contribution in [0.2, 0.25) is 5.02 Å². The van der Waals surface area contributed by atoms with E-state index >= 15 is 0 Å². The average molecular weight is 411 g/mol. The van der Waals surface area contributed by atoms with Crippen LogP contribution < -0.4 is 14.4 Å². The van der Waals surface area contributed by atoms with Gasteiger partial charge in [0.15, 0.2) is 0 Å². The highest BCUT2D eigenvalue weighted by molar-refractivity contribution is 7.92. The zero-order valence-electron chi connectivity index (χ0n) is 15.7. The molecule has 2 aromatic carbocycles. The molecule has 2 aromatic rings. The van der Waals surface area contributed by atoms with E-state index < -0.39 is 10.0 Å². The predicted octanol–water partition coefficient (Wildman–Crippen LogP) is 3.45. The molecule has 0 bridgehead atoms. The van der Waals surface area contributed by atoms with Gasteiger partial charge in [-0.05, 0) is 49.7 Å². The molecule has 0 atom stereocenters. The van der Waals surface area contributed by atoms with Crippen LogP contribution in [0.25, 0.3) is 0 Å². The summed E-state index contributed by atoms with van der Waals surface area (Å²) < 4.78 is 30.0. The van der Waals surface area contributed by atoms with E-state index in [1.54, 1.807) is 6.07 Å². The highest BCUT2D eigenvalue weighted by Crippen LogP contribution is 2.24. The van der Waals surface area contributed by atoms with Gasteiger partial charge < -0.3 is 10.1 Å². The van der Waals surface area contributed by atoms with Gasteiger partial charge in [0.25, 0.3) is 5.91 Å². The van der Waals surface area contributed by atoms with Crippen molar-refractivity contribution in [3.8, 4) is 5.75 Å². The summed E-state index contributed by atoms with van der Waals surface area (Å²) in [6, 6.07) is 11.9. The van der Waals surface area contributed by atoms with Crippen LogP contribution in [0.15, 0.2) is 42.5 Å². The van der Waals surface area contributed by atoms with Crippen molar-refractivity contribution in [3.63, 3.8) is 0 Å². The van der Waals surface area contributed by atoms with E-state index in [1.165, 1.54) is 19.2 Å². The number of halogens is 1. The maximum Gasteiger partial charge on any atom is 0.253 e. The van der Waals surface area contributed by atoms with Crippen molar-refractivity contribution in [3.05, 3.63) is 58.6 Å². The van der Waals surface area contributed by atoms with Crippen LogP contribution in [0.4, 0.5) is 5.69 Å². The Morgan fingerprint density at radius 1 is 1.19 bits per heavy atom. The summed E-state index contributed by atoms with van der Waals surface area (Å²) in [5.74, 6) is 0.380. The molecule has 1 amide bonds. The lowest BCUT2D eigenvalue weighted by Gasteiger charge is -2.18. The van der Waals surface area contributed by atoms with Gasteiger partial charge in [0.2, 0.25) is 10.0 Å². The van der Waals surface area contributed by atoms with Crippen LogP contribution in [0.5, 0.6) is 5.75 Å². The lowest BCUT2D eigenvalue weighted by atomic mass is 10.1. The molecule has 6 nitrogen and oxygen atoms in total. The number of amides is 1. The third-order valence-corrected chi connectivity index (χ3v) is 5.34. The van der Waals surface area contributed by atoms with Crippen molar-refractivity contribution in [1.29, 1.82) is 0 Å². The molecule has 0 fully saturated rings. The number of sulfonamides is 1. The maximum absolute atomic E-state index is 12.5. The lowest BCUT2D eigenvalue weighted by molar-refractivity contribution is 0.0951. The first kappa shape index (κ1) is 21.1. The molecule has 8 heteroatoms. The summed E-state index contributed by atoms with van der Waals surface area (Å²) >= 11 is 6.12. The Hall–Kier alpha value is -2.25. The quantitative estimate of drug-likeness (QED) is 0.758. The highest BCUT2D eigenvalue weighted by atomic mass is 35.5. The van der Waals surface area contributed by atoms with Gasteiger partial charge in [-0.25, -0.2) is 8.42 Å². The standard InChI is InChI=1S/C19H23ClN2O4S/c1-13(2)26-16-8-5-14(6-9-16)12-21-19(23)17-11-15(7-10-18(17)20)22(3)27(4,24)25/h5-11,13H,12H2,1-4H3,(H,21,23). The summed E-state index contributed by atoms with van der Waals surface area (Å²) in [6.07, 6.45) is 1.18. The molecular formula is C19H23ClN2O4S. The minimum absolute atomic E-state index is 0.0926. The number of anilines is 1. The molecule has 0 spiro atoms. The summed E-state index contributed by atoms with van der Waals surface area (Å²) in [6.45, 7) is 4.21. The van der Waals surface area contributed by atoms with Crippen molar-refractivity contribution < 1.29 is 17.9 Å². The molecule has 1 N–H and O–H groups in total. The van der Waals surface area contributed by atoms with Gasteiger partial charge in [0.1, 0.15) is 5.75 Å². The van der Waals surface area contributed by atoms with Crippen molar-refractivity contribution >= 4 is 33.2 Å². The van der Waals surface area contributed by atoms with E-state index in [0.717, 1.165) is 21.9 Å². The largest absolute Gasteiger partial charge is 0.491 e. The van der Waals surface area contributed by atoms with E-state index in [0.29, 0.717) is 12.2 Å². The van der Waals surface area contributed by atoms with Gasteiger partial charge in [-0.2, -0.15) is 0 Å². The second kappa shape index (κ2) is 8.63. The molecule has 0 aromatic heterocycles. The number of nitrogens with one attached hydrogen (secondary N) is 1. The number of carbonyl (C=O) groups excluding carboxylic acids is 1. The summed E-state index contributed by atoms with van der Waals surface area (Å²) in [7, 11) is -2.01. The normalized spacial score (nSPS) is 11.3. The third kappa shape index (κ3) is 5.87. The second-order valence-electron chi connectivity index (χ2n) is 6.39. The van der Waals surface area contributed by atoms with Crippen LogP contribution in [0.1, 0.15) is 29.8 Å². The van der Waals surface area contributed by atoms with E-state index in [4.69, 9.17) is 16.3 Å². The number of benzene rings is 2. The number of hydrogen-bond acceptors (Lipinski definition) is 4. The second-order valence-corrected chi connectivity index (χ2v) is 8.81. The monoisotopic (exact) mass is 410 g/mol. The Bertz CT molecular complexity index is 912. The number of hydrogen-bond donors (Lipinski definition) is 1. The van der Waals surface area contributed by atoms with Crippen LogP contribution in [0.3, 0.4) is 0 Å². The molecule has 2 rings (SSSR count). The molecule has 0 saturated heterocycles. The number of carbonyl (C=O) groups is 1. The maximum atomic E-state index is 12.5. The zero-order valence-corrected chi connectivity index (χ0v) is 17.3. The van der Waals surface area contributed by atoms with E-state index in [9.17, 15) is 13.2 Å². The SMILES string of the molecule is CC(C)Oc1ccc(CNC(=O)c2cc(N(C)S(C)(=O)=O)ccc2Cl)cc1. The van der Waals surface area contributed by atoms with Crippen molar-refractivity contribution in [2.45, 2.75) is 26.5 Å².